The van der Waals surface area contributed by atoms with E-state index >= 15 is 0 Å². The molecule has 0 radical (unpaired) electrons. The van der Waals surface area contributed by atoms with E-state index < -0.39 is 0 Å². The summed E-state index contributed by atoms with van der Waals surface area (Å²) >= 11 is 0. The first-order valence-electron chi connectivity index (χ1n) is 6.18. The number of ether oxygens (including phenoxy) is 1. The van der Waals surface area contributed by atoms with E-state index in [2.05, 4.69) is 23.7 Å². The third kappa shape index (κ3) is 2.01. The number of benzene rings is 1. The van der Waals surface area contributed by atoms with Gasteiger partial charge in [-0.2, -0.15) is 4.98 Å². The van der Waals surface area contributed by atoms with Crippen molar-refractivity contribution in [3.05, 3.63) is 18.2 Å². The van der Waals surface area contributed by atoms with Crippen LogP contribution in [0.3, 0.4) is 0 Å². The van der Waals surface area contributed by atoms with Gasteiger partial charge < -0.3 is 19.8 Å². The third-order valence-electron chi connectivity index (χ3n) is 3.09. The number of nitrogens with two attached hydrogens (primary N) is 1. The van der Waals surface area contributed by atoms with Crippen LogP contribution in [0.25, 0.3) is 11.1 Å². The lowest BCUT2D eigenvalue weighted by atomic mass is 10.2. The van der Waals surface area contributed by atoms with Crippen molar-refractivity contribution in [3.63, 3.8) is 0 Å². The van der Waals surface area contributed by atoms with Gasteiger partial charge in [0.25, 0.3) is 6.01 Å². The molecule has 5 nitrogen and oxygen atoms in total. The summed E-state index contributed by atoms with van der Waals surface area (Å²) in [4.78, 5) is 6.61. The van der Waals surface area contributed by atoms with Crippen molar-refractivity contribution < 1.29 is 9.15 Å². The van der Waals surface area contributed by atoms with E-state index in [0.717, 1.165) is 24.2 Å². The molecule has 0 saturated carbocycles. The monoisotopic (exact) mass is 247 g/mol. The number of aromatic nitrogens is 1. The van der Waals surface area contributed by atoms with Crippen molar-refractivity contribution in [1.82, 2.24) is 4.98 Å². The van der Waals surface area contributed by atoms with Gasteiger partial charge >= 0.3 is 0 Å². The normalized spacial score (nSPS) is 24.7. The SMILES string of the molecule is C[C@@H]1CN(c2nc3ccc(N)cc3o2)C[C@H](C)O1. The van der Waals surface area contributed by atoms with Crippen LogP contribution in [0.5, 0.6) is 0 Å². The molecule has 3 rings (SSSR count). The van der Waals surface area contributed by atoms with E-state index in [1.54, 1.807) is 6.07 Å². The van der Waals surface area contributed by atoms with E-state index in [0.29, 0.717) is 11.7 Å². The number of nitrogen functional groups attached to an aromatic ring is 1. The number of morpholine rings is 1. The molecule has 2 aromatic rings. The molecule has 18 heavy (non-hydrogen) atoms. The van der Waals surface area contributed by atoms with E-state index in [1.807, 2.05) is 12.1 Å². The Labute approximate surface area is 106 Å². The summed E-state index contributed by atoms with van der Waals surface area (Å²) in [5, 5.41) is 0. The van der Waals surface area contributed by atoms with Gasteiger partial charge in [0.2, 0.25) is 0 Å². The Kier molecular flexibility index (Phi) is 2.63. The molecular formula is C13H17N3O2. The second-order valence-corrected chi connectivity index (χ2v) is 4.89. The van der Waals surface area contributed by atoms with Crippen LogP contribution in [0.15, 0.2) is 22.6 Å². The van der Waals surface area contributed by atoms with Gasteiger partial charge in [0.15, 0.2) is 5.58 Å². The summed E-state index contributed by atoms with van der Waals surface area (Å²) in [6.45, 7) is 5.71. The van der Waals surface area contributed by atoms with Gasteiger partial charge in [-0.15, -0.1) is 0 Å². The fourth-order valence-electron chi connectivity index (χ4n) is 2.40. The topological polar surface area (TPSA) is 64.5 Å². The number of anilines is 2. The van der Waals surface area contributed by atoms with Crippen LogP contribution in [0, 0.1) is 0 Å². The first-order chi connectivity index (χ1) is 8.61. The maximum Gasteiger partial charge on any atom is 0.298 e. The summed E-state index contributed by atoms with van der Waals surface area (Å²) < 4.78 is 11.5. The molecule has 2 heterocycles. The summed E-state index contributed by atoms with van der Waals surface area (Å²) in [5.41, 5.74) is 8.00. The smallest absolute Gasteiger partial charge is 0.298 e. The fraction of sp³-hybridized carbons (Fsp3) is 0.462. The number of nitrogens with zero attached hydrogens (tertiary/aromatic N) is 2. The Morgan fingerprint density at radius 2 is 2.00 bits per heavy atom. The Morgan fingerprint density at radius 1 is 1.28 bits per heavy atom. The molecule has 1 fully saturated rings. The minimum atomic E-state index is 0.189. The first kappa shape index (κ1) is 11.3. The van der Waals surface area contributed by atoms with Crippen LogP contribution in [0.4, 0.5) is 11.7 Å². The Balaban J connectivity index is 1.93. The van der Waals surface area contributed by atoms with Crippen LogP contribution in [-0.2, 0) is 4.74 Å². The first-order valence-corrected chi connectivity index (χ1v) is 6.18. The summed E-state index contributed by atoms with van der Waals surface area (Å²) in [7, 11) is 0. The molecule has 0 spiro atoms. The quantitative estimate of drug-likeness (QED) is 0.781. The van der Waals surface area contributed by atoms with Crippen molar-refractivity contribution in [2.75, 3.05) is 23.7 Å². The molecule has 0 amide bonds. The molecule has 0 aliphatic carbocycles. The lowest BCUT2D eigenvalue weighted by Gasteiger charge is -2.34. The zero-order valence-electron chi connectivity index (χ0n) is 10.6. The average molecular weight is 247 g/mol. The predicted molar refractivity (Wildman–Crippen MR) is 70.6 cm³/mol. The molecule has 2 N–H and O–H groups in total. The molecule has 0 unspecified atom stereocenters. The number of hydrogen-bond acceptors (Lipinski definition) is 5. The number of oxazole rings is 1. The molecule has 1 aliphatic rings. The summed E-state index contributed by atoms with van der Waals surface area (Å²) in [6.07, 6.45) is 0.377. The van der Waals surface area contributed by atoms with Gasteiger partial charge in [0.05, 0.1) is 12.2 Å². The fourth-order valence-corrected chi connectivity index (χ4v) is 2.40. The predicted octanol–water partition coefficient (Wildman–Crippen LogP) is 2.02. The van der Waals surface area contributed by atoms with Crippen molar-refractivity contribution in [2.24, 2.45) is 0 Å². The van der Waals surface area contributed by atoms with Gasteiger partial charge in [0, 0.05) is 24.8 Å². The van der Waals surface area contributed by atoms with E-state index in [1.165, 1.54) is 0 Å². The third-order valence-corrected chi connectivity index (χ3v) is 3.09. The van der Waals surface area contributed by atoms with Gasteiger partial charge in [-0.1, -0.05) is 0 Å². The largest absolute Gasteiger partial charge is 0.423 e. The molecule has 0 bridgehead atoms. The second-order valence-electron chi connectivity index (χ2n) is 4.89. The highest BCUT2D eigenvalue weighted by atomic mass is 16.5. The minimum absolute atomic E-state index is 0.189. The van der Waals surface area contributed by atoms with Crippen LogP contribution < -0.4 is 10.6 Å². The number of rotatable bonds is 1. The Bertz CT molecular complexity index is 556. The lowest BCUT2D eigenvalue weighted by molar-refractivity contribution is -0.00662. The van der Waals surface area contributed by atoms with Gasteiger partial charge in [-0.05, 0) is 26.0 Å². The highest BCUT2D eigenvalue weighted by Gasteiger charge is 2.25. The van der Waals surface area contributed by atoms with Crippen LogP contribution in [0.1, 0.15) is 13.8 Å². The Hall–Kier alpha value is -1.75. The molecule has 1 saturated heterocycles. The molecule has 2 atom stereocenters. The lowest BCUT2D eigenvalue weighted by Crippen LogP contribution is -2.45. The maximum absolute atomic E-state index is 5.76. The molecule has 1 aromatic carbocycles. The number of hydrogen-bond donors (Lipinski definition) is 1. The zero-order valence-corrected chi connectivity index (χ0v) is 10.6. The van der Waals surface area contributed by atoms with Crippen LogP contribution in [-0.4, -0.2) is 30.3 Å². The highest BCUT2D eigenvalue weighted by Crippen LogP contribution is 2.25. The van der Waals surface area contributed by atoms with E-state index in [4.69, 9.17) is 14.9 Å². The van der Waals surface area contributed by atoms with Crippen LogP contribution in [0.2, 0.25) is 0 Å². The minimum Gasteiger partial charge on any atom is -0.423 e. The maximum atomic E-state index is 5.76. The average Bonchev–Trinajstić information content (AvgIpc) is 2.70. The number of fused-ring (bicyclic) bond motifs is 1. The van der Waals surface area contributed by atoms with Gasteiger partial charge in [-0.25, -0.2) is 0 Å². The van der Waals surface area contributed by atoms with E-state index in [-0.39, 0.29) is 12.2 Å². The van der Waals surface area contributed by atoms with Crippen molar-refractivity contribution in [1.29, 1.82) is 0 Å². The van der Waals surface area contributed by atoms with Crippen molar-refractivity contribution in [3.8, 4) is 0 Å². The standard InChI is InChI=1S/C13H17N3O2/c1-8-6-16(7-9(2)17-8)13-15-11-4-3-10(14)5-12(11)18-13/h3-5,8-9H,6-7,14H2,1-2H3/t8-,9+. The Morgan fingerprint density at radius 3 is 2.72 bits per heavy atom. The summed E-state index contributed by atoms with van der Waals surface area (Å²) in [6, 6.07) is 6.17. The zero-order chi connectivity index (χ0) is 12.7. The van der Waals surface area contributed by atoms with Gasteiger partial charge in [0.1, 0.15) is 5.52 Å². The second kappa shape index (κ2) is 4.17. The van der Waals surface area contributed by atoms with E-state index in [9.17, 15) is 0 Å². The molecule has 1 aromatic heterocycles. The van der Waals surface area contributed by atoms with Gasteiger partial charge in [-0.3, -0.25) is 0 Å². The summed E-state index contributed by atoms with van der Waals surface area (Å²) in [5.74, 6) is 0. The molecule has 5 heteroatoms. The molecule has 96 valence electrons. The van der Waals surface area contributed by atoms with Crippen LogP contribution >= 0.6 is 0 Å². The van der Waals surface area contributed by atoms with Crippen molar-refractivity contribution >= 4 is 22.8 Å². The highest BCUT2D eigenvalue weighted by molar-refractivity contribution is 5.78. The molecular weight excluding hydrogens is 230 g/mol. The van der Waals surface area contributed by atoms with Crippen molar-refractivity contribution in [2.45, 2.75) is 26.1 Å². The molecule has 1 aliphatic heterocycles.